The van der Waals surface area contributed by atoms with Crippen LogP contribution in [0.1, 0.15) is 56.6 Å². The summed E-state index contributed by atoms with van der Waals surface area (Å²) in [5.41, 5.74) is 1.16. The molecule has 1 amide bonds. The summed E-state index contributed by atoms with van der Waals surface area (Å²) in [5.74, 6) is -0.252. The SMILES string of the molecule is COc1ccc(C(=O)Nc2cc(C(O)CNC(C)(C)C)ccc2OC(=O)C(C)C)cc1. The minimum absolute atomic E-state index is 0.154. The van der Waals surface area contributed by atoms with Gasteiger partial charge < -0.3 is 25.2 Å². The Morgan fingerprint density at radius 3 is 2.26 bits per heavy atom. The predicted octanol–water partition coefficient (Wildman–Crippen LogP) is 3.93. The van der Waals surface area contributed by atoms with Crippen molar-refractivity contribution in [2.45, 2.75) is 46.3 Å². The van der Waals surface area contributed by atoms with Gasteiger partial charge in [-0.25, -0.2) is 0 Å². The average Bonchev–Trinajstić information content (AvgIpc) is 2.72. The van der Waals surface area contributed by atoms with Crippen molar-refractivity contribution in [1.29, 1.82) is 0 Å². The molecule has 0 aliphatic carbocycles. The minimum atomic E-state index is -0.800. The van der Waals surface area contributed by atoms with Crippen molar-refractivity contribution in [3.63, 3.8) is 0 Å². The standard InChI is InChI=1S/C24H32N2O5/c1-15(2)23(29)31-21-12-9-17(20(27)14-25-24(3,4)5)13-19(21)26-22(28)16-7-10-18(30-6)11-8-16/h7-13,15,20,25,27H,14H2,1-6H3,(H,26,28). The number of hydrogen-bond acceptors (Lipinski definition) is 6. The van der Waals surface area contributed by atoms with E-state index in [2.05, 4.69) is 10.6 Å². The molecule has 0 heterocycles. The highest BCUT2D eigenvalue weighted by molar-refractivity contribution is 6.05. The number of methoxy groups -OCH3 is 1. The van der Waals surface area contributed by atoms with Crippen molar-refractivity contribution in [3.8, 4) is 11.5 Å². The van der Waals surface area contributed by atoms with E-state index in [1.165, 1.54) is 0 Å². The fourth-order valence-electron chi connectivity index (χ4n) is 2.63. The van der Waals surface area contributed by atoms with Gasteiger partial charge in [0.1, 0.15) is 5.75 Å². The summed E-state index contributed by atoms with van der Waals surface area (Å²) in [6.45, 7) is 9.82. The van der Waals surface area contributed by atoms with Crippen LogP contribution in [0.2, 0.25) is 0 Å². The van der Waals surface area contributed by atoms with Crippen LogP contribution >= 0.6 is 0 Å². The molecular formula is C24H32N2O5. The van der Waals surface area contributed by atoms with Crippen LogP contribution in [-0.4, -0.2) is 36.2 Å². The monoisotopic (exact) mass is 428 g/mol. The van der Waals surface area contributed by atoms with E-state index in [4.69, 9.17) is 9.47 Å². The third kappa shape index (κ3) is 7.38. The molecule has 3 N–H and O–H groups in total. The number of aliphatic hydroxyl groups is 1. The maximum Gasteiger partial charge on any atom is 0.313 e. The molecule has 0 saturated heterocycles. The minimum Gasteiger partial charge on any atom is -0.497 e. The third-order valence-electron chi connectivity index (χ3n) is 4.50. The first-order chi connectivity index (χ1) is 14.5. The molecule has 1 unspecified atom stereocenters. The molecule has 2 aromatic carbocycles. The van der Waals surface area contributed by atoms with Gasteiger partial charge in [0.05, 0.1) is 24.8 Å². The second kappa shape index (κ2) is 10.4. The Balaban J connectivity index is 2.30. The number of rotatable bonds is 8. The van der Waals surface area contributed by atoms with E-state index in [-0.39, 0.29) is 23.1 Å². The number of β-amino-alcohol motifs (C(OH)–C–C–N with tert-alkyl or cyclic N) is 1. The number of carbonyl (C=O) groups excluding carboxylic acids is 2. The van der Waals surface area contributed by atoms with Gasteiger partial charge in [-0.15, -0.1) is 0 Å². The second-order valence-electron chi connectivity index (χ2n) is 8.66. The second-order valence-corrected chi connectivity index (χ2v) is 8.66. The lowest BCUT2D eigenvalue weighted by Crippen LogP contribution is -2.38. The van der Waals surface area contributed by atoms with Crippen LogP contribution in [0.4, 0.5) is 5.69 Å². The molecule has 0 aliphatic heterocycles. The molecule has 1 atom stereocenters. The Bertz CT molecular complexity index is 901. The van der Waals surface area contributed by atoms with Crippen molar-refractivity contribution in [1.82, 2.24) is 5.32 Å². The van der Waals surface area contributed by atoms with Crippen LogP contribution in [0.5, 0.6) is 11.5 Å². The van der Waals surface area contributed by atoms with Gasteiger partial charge in [-0.1, -0.05) is 19.9 Å². The lowest BCUT2D eigenvalue weighted by Gasteiger charge is -2.23. The van der Waals surface area contributed by atoms with Gasteiger partial charge in [0.2, 0.25) is 0 Å². The van der Waals surface area contributed by atoms with E-state index in [1.807, 2.05) is 20.8 Å². The Labute approximate surface area is 183 Å². The van der Waals surface area contributed by atoms with Gasteiger partial charge in [0.15, 0.2) is 5.75 Å². The molecule has 0 saturated carbocycles. The molecule has 0 fully saturated rings. The van der Waals surface area contributed by atoms with Gasteiger partial charge in [-0.3, -0.25) is 9.59 Å². The molecule has 0 spiro atoms. The molecule has 31 heavy (non-hydrogen) atoms. The zero-order chi connectivity index (χ0) is 23.2. The number of ether oxygens (including phenoxy) is 2. The molecule has 2 aromatic rings. The maximum absolute atomic E-state index is 12.8. The van der Waals surface area contributed by atoms with Crippen molar-refractivity contribution < 1.29 is 24.2 Å². The predicted molar refractivity (Wildman–Crippen MR) is 121 cm³/mol. The topological polar surface area (TPSA) is 96.9 Å². The number of benzene rings is 2. The summed E-state index contributed by atoms with van der Waals surface area (Å²) >= 11 is 0. The van der Waals surface area contributed by atoms with Crippen molar-refractivity contribution >= 4 is 17.6 Å². The number of amides is 1. The van der Waals surface area contributed by atoms with Crippen LogP contribution < -0.4 is 20.1 Å². The Kier molecular flexibility index (Phi) is 8.19. The average molecular weight is 429 g/mol. The molecule has 0 radical (unpaired) electrons. The molecule has 7 nitrogen and oxygen atoms in total. The van der Waals surface area contributed by atoms with E-state index < -0.39 is 12.1 Å². The summed E-state index contributed by atoms with van der Waals surface area (Å²) in [5, 5.41) is 16.6. The Morgan fingerprint density at radius 1 is 1.06 bits per heavy atom. The number of aliphatic hydroxyl groups excluding tert-OH is 1. The first-order valence-electron chi connectivity index (χ1n) is 10.2. The zero-order valence-corrected chi connectivity index (χ0v) is 19.0. The highest BCUT2D eigenvalue weighted by Gasteiger charge is 2.19. The fraction of sp³-hybridized carbons (Fsp3) is 0.417. The largest absolute Gasteiger partial charge is 0.497 e. The molecule has 0 aromatic heterocycles. The number of esters is 1. The van der Waals surface area contributed by atoms with E-state index in [0.717, 1.165) is 0 Å². The molecule has 7 heteroatoms. The Morgan fingerprint density at radius 2 is 1.71 bits per heavy atom. The molecule has 0 bridgehead atoms. The highest BCUT2D eigenvalue weighted by Crippen LogP contribution is 2.30. The van der Waals surface area contributed by atoms with Crippen molar-refractivity contribution in [2.75, 3.05) is 19.0 Å². The summed E-state index contributed by atoms with van der Waals surface area (Å²) in [6.07, 6.45) is -0.800. The van der Waals surface area contributed by atoms with Crippen LogP contribution in [0.15, 0.2) is 42.5 Å². The first-order valence-corrected chi connectivity index (χ1v) is 10.2. The summed E-state index contributed by atoms with van der Waals surface area (Å²) in [4.78, 5) is 24.9. The number of nitrogens with one attached hydrogen (secondary N) is 2. The van der Waals surface area contributed by atoms with Crippen LogP contribution in [0.25, 0.3) is 0 Å². The number of anilines is 1. The van der Waals surface area contributed by atoms with Crippen molar-refractivity contribution in [2.24, 2.45) is 5.92 Å². The fourth-order valence-corrected chi connectivity index (χ4v) is 2.63. The van der Waals surface area contributed by atoms with E-state index in [9.17, 15) is 14.7 Å². The first kappa shape index (κ1) is 24.4. The van der Waals surface area contributed by atoms with Gasteiger partial charge in [-0.05, 0) is 62.7 Å². The lowest BCUT2D eigenvalue weighted by atomic mass is 10.0. The highest BCUT2D eigenvalue weighted by atomic mass is 16.5. The smallest absolute Gasteiger partial charge is 0.313 e. The normalized spacial score (nSPS) is 12.4. The number of hydrogen-bond donors (Lipinski definition) is 3. The molecule has 2 rings (SSSR count). The number of carbonyl (C=O) groups is 2. The maximum atomic E-state index is 12.8. The molecule has 168 valence electrons. The van der Waals surface area contributed by atoms with Crippen molar-refractivity contribution in [3.05, 3.63) is 53.6 Å². The molecule has 0 aliphatic rings. The summed E-state index contributed by atoms with van der Waals surface area (Å²) in [6, 6.07) is 11.5. The zero-order valence-electron chi connectivity index (χ0n) is 19.0. The quantitative estimate of drug-likeness (QED) is 0.435. The van der Waals surface area contributed by atoms with E-state index in [0.29, 0.717) is 29.1 Å². The van der Waals surface area contributed by atoms with Crippen LogP contribution in [0, 0.1) is 5.92 Å². The summed E-state index contributed by atoms with van der Waals surface area (Å²) < 4.78 is 10.6. The van der Waals surface area contributed by atoms with Crippen LogP contribution in [-0.2, 0) is 4.79 Å². The van der Waals surface area contributed by atoms with Gasteiger partial charge >= 0.3 is 5.97 Å². The third-order valence-corrected chi connectivity index (χ3v) is 4.50. The van der Waals surface area contributed by atoms with E-state index >= 15 is 0 Å². The van der Waals surface area contributed by atoms with Gasteiger partial charge in [-0.2, -0.15) is 0 Å². The van der Waals surface area contributed by atoms with Gasteiger partial charge in [0, 0.05) is 17.6 Å². The Hall–Kier alpha value is -2.90. The molecular weight excluding hydrogens is 396 g/mol. The summed E-state index contributed by atoms with van der Waals surface area (Å²) in [7, 11) is 1.55. The van der Waals surface area contributed by atoms with E-state index in [1.54, 1.807) is 63.4 Å². The van der Waals surface area contributed by atoms with Crippen LogP contribution in [0.3, 0.4) is 0 Å². The lowest BCUT2D eigenvalue weighted by molar-refractivity contribution is -0.137. The van der Waals surface area contributed by atoms with Gasteiger partial charge in [0.25, 0.3) is 5.91 Å².